The summed E-state index contributed by atoms with van der Waals surface area (Å²) < 4.78 is 0. The fourth-order valence-electron chi connectivity index (χ4n) is 1.68. The SMILES string of the molecule is O=C(CCc1ccc(Cl)cc1)Nc1ccc(O)cc1. The molecule has 0 aliphatic rings. The van der Waals surface area contributed by atoms with Crippen molar-refractivity contribution in [3.8, 4) is 5.75 Å². The first-order chi connectivity index (χ1) is 9.13. The van der Waals surface area contributed by atoms with E-state index in [-0.39, 0.29) is 11.7 Å². The van der Waals surface area contributed by atoms with Crippen LogP contribution in [0.1, 0.15) is 12.0 Å². The predicted molar refractivity (Wildman–Crippen MR) is 76.5 cm³/mol. The summed E-state index contributed by atoms with van der Waals surface area (Å²) >= 11 is 5.79. The summed E-state index contributed by atoms with van der Waals surface area (Å²) in [5, 5.41) is 12.6. The van der Waals surface area contributed by atoms with Crippen molar-refractivity contribution in [1.29, 1.82) is 0 Å². The maximum absolute atomic E-state index is 11.7. The highest BCUT2D eigenvalue weighted by Gasteiger charge is 2.03. The molecular weight excluding hydrogens is 262 g/mol. The van der Waals surface area contributed by atoms with Crippen LogP contribution in [-0.2, 0) is 11.2 Å². The number of nitrogens with one attached hydrogen (secondary N) is 1. The second kappa shape index (κ2) is 6.25. The molecule has 0 saturated heterocycles. The Kier molecular flexibility index (Phi) is 4.42. The lowest BCUT2D eigenvalue weighted by Crippen LogP contribution is -2.12. The van der Waals surface area contributed by atoms with Crippen molar-refractivity contribution in [2.24, 2.45) is 0 Å². The second-order valence-electron chi connectivity index (χ2n) is 4.22. The van der Waals surface area contributed by atoms with Crippen LogP contribution in [0.15, 0.2) is 48.5 Å². The van der Waals surface area contributed by atoms with Gasteiger partial charge in [-0.1, -0.05) is 23.7 Å². The molecule has 98 valence electrons. The van der Waals surface area contributed by atoms with Crippen LogP contribution in [0.3, 0.4) is 0 Å². The van der Waals surface area contributed by atoms with Crippen LogP contribution in [0.25, 0.3) is 0 Å². The van der Waals surface area contributed by atoms with E-state index in [0.717, 1.165) is 5.56 Å². The van der Waals surface area contributed by atoms with E-state index in [2.05, 4.69) is 5.32 Å². The van der Waals surface area contributed by atoms with Crippen LogP contribution in [-0.4, -0.2) is 11.0 Å². The molecule has 4 heteroatoms. The molecule has 1 amide bonds. The zero-order valence-corrected chi connectivity index (χ0v) is 11.0. The Morgan fingerprint density at radius 3 is 2.32 bits per heavy atom. The molecule has 19 heavy (non-hydrogen) atoms. The Morgan fingerprint density at radius 2 is 1.68 bits per heavy atom. The largest absolute Gasteiger partial charge is 0.508 e. The maximum Gasteiger partial charge on any atom is 0.224 e. The number of rotatable bonds is 4. The van der Waals surface area contributed by atoms with Crippen LogP contribution in [0.5, 0.6) is 5.75 Å². The molecule has 0 aromatic heterocycles. The highest BCUT2D eigenvalue weighted by Crippen LogP contribution is 2.15. The van der Waals surface area contributed by atoms with Gasteiger partial charge in [0.1, 0.15) is 5.75 Å². The predicted octanol–water partition coefficient (Wildman–Crippen LogP) is 3.62. The van der Waals surface area contributed by atoms with Crippen LogP contribution in [0.2, 0.25) is 5.02 Å². The van der Waals surface area contributed by atoms with Crippen LogP contribution < -0.4 is 5.32 Å². The zero-order chi connectivity index (χ0) is 13.7. The van der Waals surface area contributed by atoms with Gasteiger partial charge in [-0.25, -0.2) is 0 Å². The van der Waals surface area contributed by atoms with Crippen LogP contribution in [0, 0.1) is 0 Å². The van der Waals surface area contributed by atoms with Crippen LogP contribution >= 0.6 is 11.6 Å². The molecule has 0 spiro atoms. The van der Waals surface area contributed by atoms with Crippen molar-refractivity contribution in [3.05, 3.63) is 59.1 Å². The van der Waals surface area contributed by atoms with Gasteiger partial charge in [-0.15, -0.1) is 0 Å². The van der Waals surface area contributed by atoms with Gasteiger partial charge in [-0.2, -0.15) is 0 Å². The molecule has 0 fully saturated rings. The van der Waals surface area contributed by atoms with E-state index in [9.17, 15) is 4.79 Å². The fraction of sp³-hybridized carbons (Fsp3) is 0.133. The highest BCUT2D eigenvalue weighted by molar-refractivity contribution is 6.30. The van der Waals surface area contributed by atoms with E-state index in [0.29, 0.717) is 23.6 Å². The Labute approximate surface area is 116 Å². The van der Waals surface area contributed by atoms with Crippen LogP contribution in [0.4, 0.5) is 5.69 Å². The summed E-state index contributed by atoms with van der Waals surface area (Å²) in [4.78, 5) is 11.7. The highest BCUT2D eigenvalue weighted by atomic mass is 35.5. The normalized spacial score (nSPS) is 10.2. The van der Waals surface area contributed by atoms with Gasteiger partial charge in [0.2, 0.25) is 5.91 Å². The van der Waals surface area contributed by atoms with Crippen molar-refractivity contribution < 1.29 is 9.90 Å². The number of amides is 1. The third-order valence-corrected chi connectivity index (χ3v) is 2.96. The van der Waals surface area contributed by atoms with Gasteiger partial charge in [0.25, 0.3) is 0 Å². The number of hydrogen-bond donors (Lipinski definition) is 2. The molecule has 0 radical (unpaired) electrons. The topological polar surface area (TPSA) is 49.3 Å². The molecule has 3 nitrogen and oxygen atoms in total. The standard InChI is InChI=1S/C15H14ClNO2/c16-12-4-1-11(2-5-12)3-10-15(19)17-13-6-8-14(18)9-7-13/h1-2,4-9,18H,3,10H2,(H,17,19). The lowest BCUT2D eigenvalue weighted by Gasteiger charge is -2.05. The number of phenolic OH excluding ortho intramolecular Hbond substituents is 1. The summed E-state index contributed by atoms with van der Waals surface area (Å²) in [5.41, 5.74) is 1.75. The third kappa shape index (κ3) is 4.30. The van der Waals surface area contributed by atoms with E-state index in [1.54, 1.807) is 12.1 Å². The lowest BCUT2D eigenvalue weighted by molar-refractivity contribution is -0.116. The summed E-state index contributed by atoms with van der Waals surface area (Å²) in [6.45, 7) is 0. The van der Waals surface area contributed by atoms with Crippen molar-refractivity contribution in [2.45, 2.75) is 12.8 Å². The first-order valence-corrected chi connectivity index (χ1v) is 6.34. The summed E-state index contributed by atoms with van der Waals surface area (Å²) in [5.74, 6) is 0.125. The number of phenols is 1. The van der Waals surface area contributed by atoms with E-state index in [1.807, 2.05) is 24.3 Å². The Morgan fingerprint density at radius 1 is 1.05 bits per heavy atom. The number of halogens is 1. The first kappa shape index (κ1) is 13.4. The fourth-order valence-corrected chi connectivity index (χ4v) is 1.80. The first-order valence-electron chi connectivity index (χ1n) is 5.97. The third-order valence-electron chi connectivity index (χ3n) is 2.71. The zero-order valence-electron chi connectivity index (χ0n) is 10.3. The van der Waals surface area contributed by atoms with E-state index < -0.39 is 0 Å². The van der Waals surface area contributed by atoms with Gasteiger partial charge < -0.3 is 10.4 Å². The average Bonchev–Trinajstić information content (AvgIpc) is 2.41. The number of aryl methyl sites for hydroxylation is 1. The minimum Gasteiger partial charge on any atom is -0.508 e. The Balaban J connectivity index is 1.84. The molecule has 0 aliphatic carbocycles. The van der Waals surface area contributed by atoms with Gasteiger partial charge in [-0.3, -0.25) is 4.79 Å². The molecule has 2 N–H and O–H groups in total. The van der Waals surface area contributed by atoms with Gasteiger partial charge in [0, 0.05) is 17.1 Å². The second-order valence-corrected chi connectivity index (χ2v) is 4.66. The number of hydrogen-bond acceptors (Lipinski definition) is 2. The summed E-state index contributed by atoms with van der Waals surface area (Å²) in [6, 6.07) is 13.9. The van der Waals surface area contributed by atoms with Crippen molar-refractivity contribution >= 4 is 23.2 Å². The van der Waals surface area contributed by atoms with E-state index >= 15 is 0 Å². The molecule has 0 heterocycles. The number of carbonyl (C=O) groups is 1. The van der Waals surface area contributed by atoms with Gasteiger partial charge in [-0.05, 0) is 48.4 Å². The van der Waals surface area contributed by atoms with E-state index in [1.165, 1.54) is 12.1 Å². The molecule has 2 aromatic carbocycles. The van der Waals surface area contributed by atoms with Crippen molar-refractivity contribution in [3.63, 3.8) is 0 Å². The molecule has 2 rings (SSSR count). The van der Waals surface area contributed by atoms with Gasteiger partial charge in [0.15, 0.2) is 0 Å². The average molecular weight is 276 g/mol. The van der Waals surface area contributed by atoms with Gasteiger partial charge in [0.05, 0.1) is 0 Å². The Hall–Kier alpha value is -2.00. The smallest absolute Gasteiger partial charge is 0.224 e. The summed E-state index contributed by atoms with van der Waals surface area (Å²) in [6.07, 6.45) is 1.07. The van der Waals surface area contributed by atoms with Crippen molar-refractivity contribution in [2.75, 3.05) is 5.32 Å². The summed E-state index contributed by atoms with van der Waals surface area (Å²) in [7, 11) is 0. The number of carbonyl (C=O) groups excluding carboxylic acids is 1. The molecular formula is C15H14ClNO2. The lowest BCUT2D eigenvalue weighted by atomic mass is 10.1. The number of benzene rings is 2. The Bertz CT molecular complexity index is 549. The molecule has 0 saturated carbocycles. The molecule has 0 aliphatic heterocycles. The molecule has 0 unspecified atom stereocenters. The minimum absolute atomic E-state index is 0.0550. The van der Waals surface area contributed by atoms with Crippen molar-refractivity contribution in [1.82, 2.24) is 0 Å². The quantitative estimate of drug-likeness (QED) is 0.838. The monoisotopic (exact) mass is 275 g/mol. The number of anilines is 1. The van der Waals surface area contributed by atoms with Gasteiger partial charge >= 0.3 is 0 Å². The minimum atomic E-state index is -0.0550. The maximum atomic E-state index is 11.7. The molecule has 0 atom stereocenters. The molecule has 0 bridgehead atoms. The molecule has 2 aromatic rings. The van der Waals surface area contributed by atoms with E-state index in [4.69, 9.17) is 16.7 Å². The number of aromatic hydroxyl groups is 1.